The summed E-state index contributed by atoms with van der Waals surface area (Å²) in [5, 5.41) is 12.0. The van der Waals surface area contributed by atoms with E-state index in [0.29, 0.717) is 0 Å². The third kappa shape index (κ3) is 4.53. The molecule has 0 heterocycles. The number of unbranched alkanes of at least 4 members (excludes halogenated alkanes) is 2. The minimum Gasteiger partial charge on any atom is -0.497 e. The molecule has 0 saturated heterocycles. The molecular formula is C13H21NO3. The Kier molecular flexibility index (Phi) is 6.25. The van der Waals surface area contributed by atoms with Crippen LogP contribution >= 0.6 is 0 Å². The number of hydrogen-bond acceptors (Lipinski definition) is 4. The first-order valence-electron chi connectivity index (χ1n) is 5.88. The van der Waals surface area contributed by atoms with Gasteiger partial charge in [0.2, 0.25) is 0 Å². The second-order valence-electron chi connectivity index (χ2n) is 3.78. The first-order valence-corrected chi connectivity index (χ1v) is 5.88. The van der Waals surface area contributed by atoms with E-state index in [1.165, 1.54) is 0 Å². The molecule has 0 aliphatic heterocycles. The summed E-state index contributed by atoms with van der Waals surface area (Å²) in [5.74, 6) is 1.62. The maximum atomic E-state index is 8.68. The molecule has 0 fully saturated rings. The van der Waals surface area contributed by atoms with E-state index in [1.807, 2.05) is 18.2 Å². The molecular weight excluding hydrogens is 218 g/mol. The molecule has 0 amide bonds. The molecule has 1 rings (SSSR count). The van der Waals surface area contributed by atoms with Gasteiger partial charge in [-0.15, -0.1) is 0 Å². The molecule has 0 radical (unpaired) electrons. The number of methoxy groups -OCH3 is 2. The van der Waals surface area contributed by atoms with E-state index in [4.69, 9.17) is 14.6 Å². The molecule has 1 aromatic rings. The average Bonchev–Trinajstić information content (AvgIpc) is 2.38. The van der Waals surface area contributed by atoms with Gasteiger partial charge in [-0.25, -0.2) is 0 Å². The van der Waals surface area contributed by atoms with Crippen LogP contribution in [0.3, 0.4) is 0 Å². The Balaban J connectivity index is 2.49. The van der Waals surface area contributed by atoms with Crippen molar-refractivity contribution < 1.29 is 14.6 Å². The number of rotatable bonds is 8. The first kappa shape index (κ1) is 13.6. The zero-order chi connectivity index (χ0) is 12.5. The highest BCUT2D eigenvalue weighted by Crippen LogP contribution is 2.28. The molecule has 0 aromatic heterocycles. The van der Waals surface area contributed by atoms with Gasteiger partial charge in [-0.3, -0.25) is 0 Å². The van der Waals surface area contributed by atoms with E-state index in [9.17, 15) is 0 Å². The van der Waals surface area contributed by atoms with Crippen LogP contribution in [0.1, 0.15) is 19.3 Å². The number of nitrogens with one attached hydrogen (secondary N) is 1. The molecule has 0 atom stereocenters. The summed E-state index contributed by atoms with van der Waals surface area (Å²) in [6.07, 6.45) is 2.91. The van der Waals surface area contributed by atoms with Gasteiger partial charge in [0.25, 0.3) is 0 Å². The largest absolute Gasteiger partial charge is 0.497 e. The summed E-state index contributed by atoms with van der Waals surface area (Å²) < 4.78 is 10.4. The van der Waals surface area contributed by atoms with Crippen LogP contribution < -0.4 is 14.8 Å². The molecule has 4 nitrogen and oxygen atoms in total. The number of anilines is 1. The number of benzene rings is 1. The Hall–Kier alpha value is -1.42. The third-order valence-electron chi connectivity index (χ3n) is 2.56. The first-order chi connectivity index (χ1) is 8.31. The van der Waals surface area contributed by atoms with Gasteiger partial charge in [-0.05, 0) is 31.4 Å². The monoisotopic (exact) mass is 239 g/mol. The van der Waals surface area contributed by atoms with Crippen molar-refractivity contribution in [1.29, 1.82) is 0 Å². The van der Waals surface area contributed by atoms with Crippen molar-refractivity contribution in [1.82, 2.24) is 0 Å². The normalized spacial score (nSPS) is 10.1. The van der Waals surface area contributed by atoms with Crippen molar-refractivity contribution in [3.05, 3.63) is 18.2 Å². The lowest BCUT2D eigenvalue weighted by Gasteiger charge is -2.12. The van der Waals surface area contributed by atoms with E-state index in [0.717, 1.165) is 43.0 Å². The summed E-state index contributed by atoms with van der Waals surface area (Å²) in [6, 6.07) is 5.68. The third-order valence-corrected chi connectivity index (χ3v) is 2.56. The molecule has 2 N–H and O–H groups in total. The minimum absolute atomic E-state index is 0.266. The minimum atomic E-state index is 0.266. The predicted octanol–water partition coefficient (Wildman–Crippen LogP) is 2.28. The van der Waals surface area contributed by atoms with Crippen LogP contribution in [0.5, 0.6) is 11.5 Å². The Morgan fingerprint density at radius 2 is 1.94 bits per heavy atom. The lowest BCUT2D eigenvalue weighted by Crippen LogP contribution is -2.03. The summed E-state index contributed by atoms with van der Waals surface area (Å²) in [5.41, 5.74) is 0.941. The molecule has 0 aliphatic rings. The fraction of sp³-hybridized carbons (Fsp3) is 0.538. The molecule has 4 heteroatoms. The second kappa shape index (κ2) is 7.79. The van der Waals surface area contributed by atoms with Crippen LogP contribution in [-0.2, 0) is 0 Å². The highest BCUT2D eigenvalue weighted by molar-refractivity contribution is 5.59. The van der Waals surface area contributed by atoms with Gasteiger partial charge < -0.3 is 19.9 Å². The molecule has 0 aliphatic carbocycles. The fourth-order valence-corrected chi connectivity index (χ4v) is 1.59. The number of aliphatic hydroxyl groups is 1. The SMILES string of the molecule is COc1ccc(OC)c(NCCCCCO)c1. The molecule has 0 bridgehead atoms. The molecule has 1 aromatic carbocycles. The highest BCUT2D eigenvalue weighted by atomic mass is 16.5. The van der Waals surface area contributed by atoms with E-state index >= 15 is 0 Å². The fourth-order valence-electron chi connectivity index (χ4n) is 1.59. The zero-order valence-electron chi connectivity index (χ0n) is 10.5. The standard InChI is InChI=1S/C13H21NO3/c1-16-11-6-7-13(17-2)12(10-11)14-8-4-3-5-9-15/h6-7,10,14-15H,3-5,8-9H2,1-2H3. The maximum Gasteiger partial charge on any atom is 0.142 e. The Labute approximate surface area is 103 Å². The Bertz CT molecular complexity index is 328. The smallest absolute Gasteiger partial charge is 0.142 e. The molecule has 96 valence electrons. The summed E-state index contributed by atoms with van der Waals surface area (Å²) in [7, 11) is 3.30. The van der Waals surface area contributed by atoms with Crippen LogP contribution in [0, 0.1) is 0 Å². The van der Waals surface area contributed by atoms with Crippen LogP contribution in [0.15, 0.2) is 18.2 Å². The summed E-state index contributed by atoms with van der Waals surface area (Å²) >= 11 is 0. The van der Waals surface area contributed by atoms with Crippen molar-refractivity contribution in [3.8, 4) is 11.5 Å². The molecule has 17 heavy (non-hydrogen) atoms. The zero-order valence-corrected chi connectivity index (χ0v) is 10.5. The molecule has 0 saturated carbocycles. The highest BCUT2D eigenvalue weighted by Gasteiger charge is 2.03. The van der Waals surface area contributed by atoms with Gasteiger partial charge in [0.15, 0.2) is 0 Å². The van der Waals surface area contributed by atoms with Crippen molar-refractivity contribution in [3.63, 3.8) is 0 Å². The van der Waals surface area contributed by atoms with Crippen molar-refractivity contribution in [2.75, 3.05) is 32.7 Å². The van der Waals surface area contributed by atoms with Crippen LogP contribution in [0.2, 0.25) is 0 Å². The van der Waals surface area contributed by atoms with Crippen molar-refractivity contribution >= 4 is 5.69 Å². The topological polar surface area (TPSA) is 50.7 Å². The second-order valence-corrected chi connectivity index (χ2v) is 3.78. The Morgan fingerprint density at radius 3 is 2.59 bits per heavy atom. The quantitative estimate of drug-likeness (QED) is 0.683. The van der Waals surface area contributed by atoms with E-state index in [-0.39, 0.29) is 6.61 Å². The van der Waals surface area contributed by atoms with E-state index < -0.39 is 0 Å². The van der Waals surface area contributed by atoms with Crippen LogP contribution in [0.25, 0.3) is 0 Å². The van der Waals surface area contributed by atoms with Gasteiger partial charge in [-0.1, -0.05) is 0 Å². The number of ether oxygens (including phenoxy) is 2. The average molecular weight is 239 g/mol. The van der Waals surface area contributed by atoms with Crippen LogP contribution in [-0.4, -0.2) is 32.5 Å². The summed E-state index contributed by atoms with van der Waals surface area (Å²) in [6.45, 7) is 1.13. The predicted molar refractivity (Wildman–Crippen MR) is 69.0 cm³/mol. The van der Waals surface area contributed by atoms with Crippen molar-refractivity contribution in [2.24, 2.45) is 0 Å². The summed E-state index contributed by atoms with van der Waals surface area (Å²) in [4.78, 5) is 0. The van der Waals surface area contributed by atoms with Gasteiger partial charge in [0, 0.05) is 19.2 Å². The molecule has 0 spiro atoms. The molecule has 0 unspecified atom stereocenters. The number of hydrogen-bond donors (Lipinski definition) is 2. The lowest BCUT2D eigenvalue weighted by molar-refractivity contribution is 0.283. The van der Waals surface area contributed by atoms with Gasteiger partial charge in [-0.2, -0.15) is 0 Å². The van der Waals surface area contributed by atoms with E-state index in [2.05, 4.69) is 5.32 Å². The Morgan fingerprint density at radius 1 is 1.12 bits per heavy atom. The van der Waals surface area contributed by atoms with E-state index in [1.54, 1.807) is 14.2 Å². The van der Waals surface area contributed by atoms with Gasteiger partial charge in [0.1, 0.15) is 11.5 Å². The maximum absolute atomic E-state index is 8.68. The van der Waals surface area contributed by atoms with Gasteiger partial charge in [0.05, 0.1) is 19.9 Å². The lowest BCUT2D eigenvalue weighted by atomic mass is 10.2. The van der Waals surface area contributed by atoms with Crippen LogP contribution in [0.4, 0.5) is 5.69 Å². The van der Waals surface area contributed by atoms with Gasteiger partial charge >= 0.3 is 0 Å². The number of aliphatic hydroxyl groups excluding tert-OH is 1. The van der Waals surface area contributed by atoms with Crippen molar-refractivity contribution in [2.45, 2.75) is 19.3 Å².